The summed E-state index contributed by atoms with van der Waals surface area (Å²) in [6, 6.07) is 6.27. The third-order valence-electron chi connectivity index (χ3n) is 5.81. The van der Waals surface area contributed by atoms with Crippen molar-refractivity contribution in [3.8, 4) is 16.9 Å². The first kappa shape index (κ1) is 12.7. The number of rotatable bonds is 1. The number of amidine groups is 1. The molecule has 1 aromatic carbocycles. The molecule has 0 radical (unpaired) electrons. The van der Waals surface area contributed by atoms with Gasteiger partial charge in [0.05, 0.1) is 6.61 Å². The lowest BCUT2D eigenvalue weighted by Crippen LogP contribution is -2.39. The summed E-state index contributed by atoms with van der Waals surface area (Å²) in [5.41, 5.74) is 7.16. The van der Waals surface area contributed by atoms with Gasteiger partial charge in [-0.3, -0.25) is 0 Å². The molecule has 3 aliphatic heterocycles. The average molecular weight is 322 g/mol. The number of fused-ring (bicyclic) bond motifs is 1. The summed E-state index contributed by atoms with van der Waals surface area (Å²) >= 11 is 0. The molecule has 6 rings (SSSR count). The first-order chi connectivity index (χ1) is 11.7. The average Bonchev–Trinajstić information content (AvgIpc) is 2.91. The van der Waals surface area contributed by atoms with Crippen LogP contribution >= 0.6 is 0 Å². The van der Waals surface area contributed by atoms with Gasteiger partial charge >= 0.3 is 0 Å². The van der Waals surface area contributed by atoms with Gasteiger partial charge in [0, 0.05) is 29.9 Å². The van der Waals surface area contributed by atoms with Gasteiger partial charge in [0.25, 0.3) is 6.02 Å². The maximum atomic E-state index is 6.08. The zero-order valence-corrected chi connectivity index (χ0v) is 12.7. The number of aliphatic imine (C=N–C) groups is 1. The van der Waals surface area contributed by atoms with E-state index in [4.69, 9.17) is 24.9 Å². The molecule has 4 aliphatic rings. The van der Waals surface area contributed by atoms with E-state index >= 15 is 0 Å². The summed E-state index contributed by atoms with van der Waals surface area (Å²) in [4.78, 5) is 12.9. The van der Waals surface area contributed by atoms with Crippen LogP contribution < -0.4 is 10.5 Å². The van der Waals surface area contributed by atoms with Crippen LogP contribution in [0.15, 0.2) is 41.9 Å². The highest BCUT2D eigenvalue weighted by Gasteiger charge is 2.98. The lowest BCUT2D eigenvalue weighted by atomic mass is 9.92. The smallest absolute Gasteiger partial charge is 0.283 e. The van der Waals surface area contributed by atoms with Crippen LogP contribution in [0.25, 0.3) is 11.1 Å². The van der Waals surface area contributed by atoms with Crippen LogP contribution in [0, 0.1) is 0 Å². The van der Waals surface area contributed by atoms with Gasteiger partial charge < -0.3 is 19.9 Å². The van der Waals surface area contributed by atoms with Crippen molar-refractivity contribution in [3.05, 3.63) is 42.5 Å². The first-order valence-electron chi connectivity index (χ1n) is 7.94. The van der Waals surface area contributed by atoms with Gasteiger partial charge in [0.1, 0.15) is 18.7 Å². The van der Waals surface area contributed by atoms with Gasteiger partial charge in [-0.15, -0.1) is 0 Å². The predicted octanol–water partition coefficient (Wildman–Crippen LogP) is 0.988. The third kappa shape index (κ3) is 1.09. The van der Waals surface area contributed by atoms with Crippen LogP contribution in [0.4, 0.5) is 0 Å². The summed E-state index contributed by atoms with van der Waals surface area (Å²) in [5.74, 6) is 0.806. The molecule has 120 valence electrons. The highest BCUT2D eigenvalue weighted by atomic mass is 16.6. The molecule has 2 N–H and O–H groups in total. The van der Waals surface area contributed by atoms with Crippen molar-refractivity contribution in [2.24, 2.45) is 10.7 Å². The molecule has 3 spiro atoms. The number of ether oxygens (including phenoxy) is 3. The zero-order valence-electron chi connectivity index (χ0n) is 12.7. The second-order valence-corrected chi connectivity index (χ2v) is 6.64. The quantitative estimate of drug-likeness (QED) is 0.842. The highest BCUT2D eigenvalue weighted by Crippen LogP contribution is 2.79. The number of nitrogens with zero attached hydrogens (tertiary/aromatic N) is 3. The van der Waals surface area contributed by atoms with Crippen LogP contribution in [0.2, 0.25) is 0 Å². The zero-order chi connectivity index (χ0) is 16.0. The molecule has 1 aliphatic carbocycles. The van der Waals surface area contributed by atoms with Crippen molar-refractivity contribution < 1.29 is 14.2 Å². The summed E-state index contributed by atoms with van der Waals surface area (Å²) < 4.78 is 18.0. The van der Waals surface area contributed by atoms with Crippen LogP contribution in [0.1, 0.15) is 12.0 Å². The normalized spacial score (nSPS) is 37.2. The molecule has 0 bridgehead atoms. The van der Waals surface area contributed by atoms with Gasteiger partial charge in [-0.25, -0.2) is 15.0 Å². The summed E-state index contributed by atoms with van der Waals surface area (Å²) in [6.07, 6.45) is 5.85. The second kappa shape index (κ2) is 3.70. The van der Waals surface area contributed by atoms with Crippen molar-refractivity contribution in [1.82, 2.24) is 9.97 Å². The molecule has 2 aromatic rings. The van der Waals surface area contributed by atoms with E-state index in [-0.39, 0.29) is 6.02 Å². The van der Waals surface area contributed by atoms with Gasteiger partial charge in [0.15, 0.2) is 16.7 Å². The molecular formula is C17H14N4O3. The molecule has 7 nitrogen and oxygen atoms in total. The monoisotopic (exact) mass is 322 g/mol. The lowest BCUT2D eigenvalue weighted by molar-refractivity contribution is -0.0159. The van der Waals surface area contributed by atoms with E-state index in [9.17, 15) is 0 Å². The Morgan fingerprint density at radius 3 is 2.83 bits per heavy atom. The van der Waals surface area contributed by atoms with Crippen molar-refractivity contribution in [2.45, 2.75) is 23.2 Å². The third-order valence-corrected chi connectivity index (χ3v) is 5.81. The Morgan fingerprint density at radius 1 is 1.08 bits per heavy atom. The molecule has 0 amide bonds. The topological polar surface area (TPSA) is 91.9 Å². The minimum absolute atomic E-state index is 0.234. The fourth-order valence-corrected chi connectivity index (χ4v) is 4.85. The van der Waals surface area contributed by atoms with Crippen LogP contribution in [-0.4, -0.2) is 40.4 Å². The number of benzene rings is 1. The van der Waals surface area contributed by atoms with Gasteiger partial charge in [-0.1, -0.05) is 6.07 Å². The van der Waals surface area contributed by atoms with E-state index in [2.05, 4.69) is 16.0 Å². The standard InChI is InChI=1S/C17H14N4O3/c18-14-21-17-12-5-10(11-6-19-9-20-7-11)1-2-13(12)22-8-16(17)15(17,24-14)3-4-23-16/h1-2,5-7,9H,3-4,8H2,(H2,18,21). The molecule has 1 saturated heterocycles. The highest BCUT2D eigenvalue weighted by molar-refractivity contribution is 5.83. The Hall–Kier alpha value is -2.67. The minimum Gasteiger partial charge on any atom is -0.490 e. The van der Waals surface area contributed by atoms with E-state index in [1.165, 1.54) is 6.33 Å². The molecule has 24 heavy (non-hydrogen) atoms. The lowest BCUT2D eigenvalue weighted by Gasteiger charge is -2.28. The Labute approximate surface area is 137 Å². The molecule has 3 atom stereocenters. The number of nitrogens with two attached hydrogens (primary N) is 1. The van der Waals surface area contributed by atoms with Crippen molar-refractivity contribution >= 4 is 6.02 Å². The van der Waals surface area contributed by atoms with E-state index < -0.39 is 16.7 Å². The first-order valence-corrected chi connectivity index (χ1v) is 7.94. The molecular weight excluding hydrogens is 308 g/mol. The SMILES string of the molecule is NC1=NC23c4cc(-c5cncnc5)ccc4OCC24OCCC43O1. The summed E-state index contributed by atoms with van der Waals surface area (Å²) in [6.45, 7) is 1.07. The molecule has 1 saturated carbocycles. The maximum Gasteiger partial charge on any atom is 0.283 e. The van der Waals surface area contributed by atoms with Crippen molar-refractivity contribution in [3.63, 3.8) is 0 Å². The minimum atomic E-state index is -0.596. The van der Waals surface area contributed by atoms with E-state index in [0.717, 1.165) is 28.9 Å². The largest absolute Gasteiger partial charge is 0.490 e. The molecule has 2 fully saturated rings. The van der Waals surface area contributed by atoms with E-state index in [1.807, 2.05) is 12.1 Å². The Kier molecular flexibility index (Phi) is 1.96. The maximum absolute atomic E-state index is 6.08. The summed E-state index contributed by atoms with van der Waals surface area (Å²) in [5, 5.41) is 0. The van der Waals surface area contributed by atoms with Gasteiger partial charge in [-0.05, 0) is 17.7 Å². The van der Waals surface area contributed by atoms with Crippen LogP contribution in [0.5, 0.6) is 5.75 Å². The summed E-state index contributed by atoms with van der Waals surface area (Å²) in [7, 11) is 0. The van der Waals surface area contributed by atoms with E-state index in [0.29, 0.717) is 13.2 Å². The molecule has 4 heterocycles. The molecule has 1 aromatic heterocycles. The Balaban J connectivity index is 1.59. The second-order valence-electron chi connectivity index (χ2n) is 6.64. The number of hydrogen-bond donors (Lipinski definition) is 1. The number of aromatic nitrogens is 2. The van der Waals surface area contributed by atoms with Gasteiger partial charge in [-0.2, -0.15) is 0 Å². The fraction of sp³-hybridized carbons (Fsp3) is 0.353. The fourth-order valence-electron chi connectivity index (χ4n) is 4.85. The molecule has 3 unspecified atom stereocenters. The van der Waals surface area contributed by atoms with E-state index in [1.54, 1.807) is 12.4 Å². The predicted molar refractivity (Wildman–Crippen MR) is 83.4 cm³/mol. The Bertz CT molecular complexity index is 917. The van der Waals surface area contributed by atoms with Crippen molar-refractivity contribution in [2.75, 3.05) is 13.2 Å². The number of hydrogen-bond acceptors (Lipinski definition) is 7. The van der Waals surface area contributed by atoms with Crippen LogP contribution in [-0.2, 0) is 15.0 Å². The van der Waals surface area contributed by atoms with Crippen LogP contribution in [0.3, 0.4) is 0 Å². The van der Waals surface area contributed by atoms with Gasteiger partial charge in [0.2, 0.25) is 0 Å². The van der Waals surface area contributed by atoms with Crippen molar-refractivity contribution in [1.29, 1.82) is 0 Å². The Morgan fingerprint density at radius 2 is 1.96 bits per heavy atom. The molecule has 7 heteroatoms.